The first-order valence-electron chi connectivity index (χ1n) is 4.03. The van der Waals surface area contributed by atoms with E-state index in [0.29, 0.717) is 0 Å². The summed E-state index contributed by atoms with van der Waals surface area (Å²) in [6.45, 7) is 0. The van der Waals surface area contributed by atoms with Gasteiger partial charge < -0.3 is 10.8 Å². The van der Waals surface area contributed by atoms with Crippen LogP contribution in [0.5, 0.6) is 5.75 Å². The van der Waals surface area contributed by atoms with Gasteiger partial charge in [0.05, 0.1) is 0 Å². The number of alkyl halides is 5. The minimum Gasteiger partial charge on any atom is -0.507 e. The lowest BCUT2D eigenvalue weighted by Crippen LogP contribution is -2.21. The first-order chi connectivity index (χ1) is 7.64. The lowest BCUT2D eigenvalue weighted by molar-refractivity contribution is -0.141. The number of hydrogen-bond acceptors (Lipinski definition) is 3. The van der Waals surface area contributed by atoms with E-state index in [1.807, 2.05) is 0 Å². The van der Waals surface area contributed by atoms with Crippen LogP contribution in [0.15, 0.2) is 6.07 Å². The smallest absolute Gasteiger partial charge is 0.434 e. The van der Waals surface area contributed by atoms with Crippen molar-refractivity contribution in [3.05, 3.63) is 23.0 Å². The van der Waals surface area contributed by atoms with Gasteiger partial charge in [0.25, 0.3) is 12.3 Å². The van der Waals surface area contributed by atoms with Crippen LogP contribution in [0.3, 0.4) is 0 Å². The van der Waals surface area contributed by atoms with Crippen molar-refractivity contribution in [3.63, 3.8) is 0 Å². The largest absolute Gasteiger partial charge is 0.507 e. The van der Waals surface area contributed by atoms with Gasteiger partial charge in [-0.1, -0.05) is 0 Å². The van der Waals surface area contributed by atoms with Gasteiger partial charge in [-0.2, -0.15) is 13.2 Å². The van der Waals surface area contributed by atoms with Crippen LogP contribution in [0, 0.1) is 0 Å². The quantitative estimate of drug-likeness (QED) is 0.792. The molecule has 3 N–H and O–H groups in total. The number of nitrogens with zero attached hydrogens (tertiary/aromatic N) is 1. The molecule has 0 bridgehead atoms. The molecule has 1 aromatic rings. The highest BCUT2D eigenvalue weighted by molar-refractivity contribution is 5.96. The fourth-order valence-electron chi connectivity index (χ4n) is 1.11. The Hall–Kier alpha value is -1.93. The molecule has 0 aliphatic carbocycles. The molecule has 0 fully saturated rings. The van der Waals surface area contributed by atoms with Crippen LogP contribution in [0.2, 0.25) is 0 Å². The third kappa shape index (κ3) is 2.60. The molecule has 1 rings (SSSR count). The van der Waals surface area contributed by atoms with Crippen molar-refractivity contribution in [1.29, 1.82) is 0 Å². The van der Waals surface area contributed by atoms with Gasteiger partial charge in [0.2, 0.25) is 0 Å². The summed E-state index contributed by atoms with van der Waals surface area (Å²) >= 11 is 0. The molecule has 0 atom stereocenters. The van der Waals surface area contributed by atoms with Gasteiger partial charge in [0.1, 0.15) is 17.0 Å². The first-order valence-corrected chi connectivity index (χ1v) is 4.03. The Morgan fingerprint density at radius 2 is 1.94 bits per heavy atom. The molecule has 1 heterocycles. The molecule has 0 aliphatic rings. The molecule has 94 valence electrons. The number of rotatable bonds is 2. The van der Waals surface area contributed by atoms with E-state index in [9.17, 15) is 26.7 Å². The summed E-state index contributed by atoms with van der Waals surface area (Å²) in [4.78, 5) is 13.3. The first kappa shape index (κ1) is 13.1. The Morgan fingerprint density at radius 1 is 1.41 bits per heavy atom. The van der Waals surface area contributed by atoms with Crippen LogP contribution < -0.4 is 5.73 Å². The van der Waals surface area contributed by atoms with E-state index in [-0.39, 0.29) is 6.07 Å². The maximum atomic E-state index is 12.4. The Labute approximate surface area is 90.9 Å². The van der Waals surface area contributed by atoms with Crippen LogP contribution in [0.4, 0.5) is 22.0 Å². The second kappa shape index (κ2) is 4.15. The SMILES string of the molecule is NC(=O)c1c(O)cc(C(F)F)nc1C(F)(F)F. The zero-order chi connectivity index (χ0) is 13.4. The number of aromatic nitrogens is 1. The van der Waals surface area contributed by atoms with Gasteiger partial charge in [0, 0.05) is 6.07 Å². The van der Waals surface area contributed by atoms with Crippen molar-refractivity contribution in [2.24, 2.45) is 5.73 Å². The number of primary amides is 1. The summed E-state index contributed by atoms with van der Waals surface area (Å²) in [7, 11) is 0. The Bertz CT molecular complexity index is 458. The molecule has 0 saturated carbocycles. The number of halogens is 5. The summed E-state index contributed by atoms with van der Waals surface area (Å²) in [5.41, 5.74) is 0.0581. The second-order valence-electron chi connectivity index (χ2n) is 2.95. The van der Waals surface area contributed by atoms with E-state index >= 15 is 0 Å². The predicted molar refractivity (Wildman–Crippen MR) is 44.4 cm³/mol. The summed E-state index contributed by atoms with van der Waals surface area (Å²) < 4.78 is 61.6. The summed E-state index contributed by atoms with van der Waals surface area (Å²) in [5.74, 6) is -2.89. The van der Waals surface area contributed by atoms with Crippen LogP contribution in [-0.4, -0.2) is 16.0 Å². The van der Waals surface area contributed by atoms with Gasteiger partial charge in [-0.05, 0) is 0 Å². The molecular formula is C8H5F5N2O2. The highest BCUT2D eigenvalue weighted by Gasteiger charge is 2.39. The van der Waals surface area contributed by atoms with Crippen LogP contribution in [-0.2, 0) is 6.18 Å². The number of carbonyl (C=O) groups is 1. The lowest BCUT2D eigenvalue weighted by Gasteiger charge is -2.12. The van der Waals surface area contributed by atoms with E-state index in [1.54, 1.807) is 0 Å². The lowest BCUT2D eigenvalue weighted by atomic mass is 10.1. The van der Waals surface area contributed by atoms with E-state index in [4.69, 9.17) is 5.11 Å². The molecule has 0 unspecified atom stereocenters. The summed E-state index contributed by atoms with van der Waals surface area (Å²) in [6.07, 6.45) is -8.49. The van der Waals surface area contributed by atoms with Gasteiger partial charge in [-0.25, -0.2) is 13.8 Å². The molecular weight excluding hydrogens is 251 g/mol. The second-order valence-corrected chi connectivity index (χ2v) is 2.95. The van der Waals surface area contributed by atoms with Crippen molar-refractivity contribution < 1.29 is 31.9 Å². The van der Waals surface area contributed by atoms with Crippen LogP contribution in [0.25, 0.3) is 0 Å². The Balaban J connectivity index is 3.57. The number of nitrogens with two attached hydrogens (primary N) is 1. The van der Waals surface area contributed by atoms with E-state index < -0.39 is 41.2 Å². The number of amides is 1. The van der Waals surface area contributed by atoms with Crippen LogP contribution >= 0.6 is 0 Å². The number of carbonyl (C=O) groups excluding carboxylic acids is 1. The van der Waals surface area contributed by atoms with Crippen molar-refractivity contribution in [2.75, 3.05) is 0 Å². The molecule has 0 radical (unpaired) electrons. The molecule has 9 heteroatoms. The van der Waals surface area contributed by atoms with Crippen LogP contribution in [0.1, 0.15) is 28.2 Å². The minimum atomic E-state index is -5.17. The maximum absolute atomic E-state index is 12.4. The monoisotopic (exact) mass is 256 g/mol. The van der Waals surface area contributed by atoms with Gasteiger partial charge in [-0.3, -0.25) is 4.79 Å². The summed E-state index contributed by atoms with van der Waals surface area (Å²) in [5, 5.41) is 9.08. The zero-order valence-corrected chi connectivity index (χ0v) is 7.92. The predicted octanol–water partition coefficient (Wildman–Crippen LogP) is 1.84. The third-order valence-corrected chi connectivity index (χ3v) is 1.76. The molecule has 1 amide bonds. The average Bonchev–Trinajstić information content (AvgIpc) is 2.14. The number of pyridine rings is 1. The molecule has 0 aliphatic heterocycles. The zero-order valence-electron chi connectivity index (χ0n) is 7.92. The fourth-order valence-corrected chi connectivity index (χ4v) is 1.11. The molecule has 0 aromatic carbocycles. The highest BCUT2D eigenvalue weighted by Crippen LogP contribution is 2.36. The third-order valence-electron chi connectivity index (χ3n) is 1.76. The maximum Gasteiger partial charge on any atom is 0.434 e. The Kier molecular flexibility index (Phi) is 3.21. The standard InChI is InChI=1S/C8H5F5N2O2/c9-6(10)2-1-3(16)4(7(14)17)5(15-2)8(11,12)13/h1,6H,(H2,14,17)(H,15,16). The Morgan fingerprint density at radius 3 is 2.29 bits per heavy atom. The van der Waals surface area contributed by atoms with Crippen molar-refractivity contribution >= 4 is 5.91 Å². The summed E-state index contributed by atoms with van der Waals surface area (Å²) in [6, 6.07) is 0.264. The van der Waals surface area contributed by atoms with Crippen molar-refractivity contribution in [2.45, 2.75) is 12.6 Å². The number of aromatic hydroxyl groups is 1. The van der Waals surface area contributed by atoms with Crippen molar-refractivity contribution in [1.82, 2.24) is 4.98 Å². The minimum absolute atomic E-state index is 0.264. The fraction of sp³-hybridized carbons (Fsp3) is 0.250. The molecule has 4 nitrogen and oxygen atoms in total. The van der Waals surface area contributed by atoms with E-state index in [2.05, 4.69) is 10.7 Å². The van der Waals surface area contributed by atoms with Gasteiger partial charge in [-0.15, -0.1) is 0 Å². The average molecular weight is 256 g/mol. The van der Waals surface area contributed by atoms with E-state index in [0.717, 1.165) is 0 Å². The molecule has 0 spiro atoms. The van der Waals surface area contributed by atoms with Gasteiger partial charge in [0.15, 0.2) is 5.69 Å². The van der Waals surface area contributed by atoms with Gasteiger partial charge >= 0.3 is 6.18 Å². The van der Waals surface area contributed by atoms with E-state index in [1.165, 1.54) is 0 Å². The highest BCUT2D eigenvalue weighted by atomic mass is 19.4. The molecule has 1 aromatic heterocycles. The molecule has 17 heavy (non-hydrogen) atoms. The molecule has 0 saturated heterocycles. The van der Waals surface area contributed by atoms with Crippen molar-refractivity contribution in [3.8, 4) is 5.75 Å². The number of hydrogen-bond donors (Lipinski definition) is 2. The topological polar surface area (TPSA) is 76.2 Å². The normalized spacial score (nSPS) is 11.9.